The van der Waals surface area contributed by atoms with Gasteiger partial charge in [-0.2, -0.15) is 4.58 Å². The average molecular weight is 383 g/mol. The minimum Gasteiger partial charge on any atom is -0.493 e. The molecular weight excluding hydrogens is 357 g/mol. The van der Waals surface area contributed by atoms with Crippen molar-refractivity contribution in [1.29, 1.82) is 0 Å². The molecule has 0 radical (unpaired) electrons. The lowest BCUT2D eigenvalue weighted by Gasteiger charge is -2.09. The molecule has 0 amide bonds. The third-order valence-electron chi connectivity index (χ3n) is 4.55. The van der Waals surface area contributed by atoms with Gasteiger partial charge in [-0.3, -0.25) is 0 Å². The second-order valence-electron chi connectivity index (χ2n) is 6.60. The van der Waals surface area contributed by atoms with Gasteiger partial charge < -0.3 is 22.0 Å². The molecule has 1 aliphatic rings. The van der Waals surface area contributed by atoms with E-state index in [0.29, 0.717) is 0 Å². The fourth-order valence-electron chi connectivity index (χ4n) is 3.27. The largest absolute Gasteiger partial charge is 0.673 e. The van der Waals surface area contributed by atoms with Crippen LogP contribution in [0.5, 0.6) is 5.75 Å². The molecule has 2 nitrogen and oxygen atoms in total. The van der Waals surface area contributed by atoms with Crippen LogP contribution in [-0.2, 0) is 0 Å². The number of ether oxygens (including phenoxy) is 1. The minimum atomic E-state index is -6.00. The van der Waals surface area contributed by atoms with Crippen molar-refractivity contribution >= 4 is 29.4 Å². The Bertz CT molecular complexity index is 811. The summed E-state index contributed by atoms with van der Waals surface area (Å²) in [5.74, 6) is 1.03. The smallest absolute Gasteiger partial charge is 0.493 e. The fourth-order valence-corrected chi connectivity index (χ4v) is 3.27. The van der Waals surface area contributed by atoms with Gasteiger partial charge in [0.2, 0.25) is 5.69 Å². The maximum absolute atomic E-state index is 9.75. The third-order valence-corrected chi connectivity index (χ3v) is 4.55. The van der Waals surface area contributed by atoms with Gasteiger partial charge in [-0.05, 0) is 18.6 Å². The maximum Gasteiger partial charge on any atom is 0.673 e. The van der Waals surface area contributed by atoms with Crippen LogP contribution in [0, 0.1) is 0 Å². The van der Waals surface area contributed by atoms with Crippen molar-refractivity contribution in [3.8, 4) is 5.75 Å². The van der Waals surface area contributed by atoms with Gasteiger partial charge in [-0.15, -0.1) is 0 Å². The molecule has 0 bridgehead atoms. The van der Waals surface area contributed by atoms with Crippen molar-refractivity contribution < 1.29 is 26.6 Å². The lowest BCUT2D eigenvalue weighted by Crippen LogP contribution is -2.11. The van der Waals surface area contributed by atoms with Gasteiger partial charge in [0.05, 0.1) is 17.6 Å². The first-order valence-corrected chi connectivity index (χ1v) is 9.45. The lowest BCUT2D eigenvalue weighted by molar-refractivity contribution is -0.437. The summed E-state index contributed by atoms with van der Waals surface area (Å²) in [4.78, 5) is 0. The maximum atomic E-state index is 9.75. The van der Waals surface area contributed by atoms with E-state index >= 15 is 0 Å². The second-order valence-corrected chi connectivity index (χ2v) is 6.60. The van der Waals surface area contributed by atoms with E-state index in [-0.39, 0.29) is 0 Å². The zero-order chi connectivity index (χ0) is 20.0. The highest BCUT2D eigenvalue weighted by molar-refractivity contribution is 6.50. The van der Waals surface area contributed by atoms with E-state index in [0.717, 1.165) is 25.3 Å². The molecule has 2 aromatic rings. The molecule has 1 aliphatic heterocycles. The van der Waals surface area contributed by atoms with E-state index in [9.17, 15) is 17.3 Å². The normalized spacial score (nSPS) is 13.0. The molecular formula is C20H26BF4NO. The Morgan fingerprint density at radius 1 is 0.963 bits per heavy atom. The predicted octanol–water partition coefficient (Wildman–Crippen LogP) is 6.59. The number of hydrogen-bond acceptors (Lipinski definition) is 1. The van der Waals surface area contributed by atoms with Crippen LogP contribution < -0.4 is 4.74 Å². The molecule has 0 saturated carbocycles. The van der Waals surface area contributed by atoms with Crippen LogP contribution in [0.4, 0.5) is 23.0 Å². The Morgan fingerprint density at radius 2 is 1.63 bits per heavy atom. The van der Waals surface area contributed by atoms with Crippen LogP contribution in [0.3, 0.4) is 0 Å². The van der Waals surface area contributed by atoms with E-state index in [1.54, 1.807) is 0 Å². The number of halogens is 4. The van der Waals surface area contributed by atoms with Crippen LogP contribution in [0.1, 0.15) is 52.0 Å². The molecule has 2 aromatic carbocycles. The second kappa shape index (κ2) is 9.24. The molecule has 0 aliphatic carbocycles. The van der Waals surface area contributed by atoms with Gasteiger partial charge in [0, 0.05) is 24.8 Å². The Hall–Kier alpha value is -2.05. The van der Waals surface area contributed by atoms with Gasteiger partial charge in [0.25, 0.3) is 0 Å². The molecule has 0 unspecified atom stereocenters. The van der Waals surface area contributed by atoms with Crippen molar-refractivity contribution in [2.75, 3.05) is 13.2 Å². The van der Waals surface area contributed by atoms with E-state index in [1.165, 1.54) is 47.0 Å². The summed E-state index contributed by atoms with van der Waals surface area (Å²) in [6.07, 6.45) is 4.72. The van der Waals surface area contributed by atoms with Crippen molar-refractivity contribution in [1.82, 2.24) is 0 Å². The van der Waals surface area contributed by atoms with Gasteiger partial charge in [0.15, 0.2) is 5.71 Å². The van der Waals surface area contributed by atoms with Crippen molar-refractivity contribution in [2.45, 2.75) is 46.5 Å². The summed E-state index contributed by atoms with van der Waals surface area (Å²) in [5, 5.41) is 2.62. The highest BCUT2D eigenvalue weighted by atomic mass is 19.5. The topological polar surface area (TPSA) is 12.2 Å². The standard InChI is InChI=1S/C20H26NO.BF4/c1-4-6-13-21-15(3)16-9-8-10-17-19(22-14-7-5-2)12-11-18(21)20(16)17;2-1(3,4)5/h8-12H,4-7,13-14H2,1-3H3;/q+1;-1. The molecule has 0 saturated heterocycles. The quantitative estimate of drug-likeness (QED) is 0.228. The van der Waals surface area contributed by atoms with Crippen LogP contribution in [-0.4, -0.2) is 30.7 Å². The Morgan fingerprint density at radius 3 is 2.26 bits per heavy atom. The Kier molecular flexibility index (Phi) is 7.28. The van der Waals surface area contributed by atoms with E-state index in [1.807, 2.05) is 0 Å². The fraction of sp³-hybridized carbons (Fsp3) is 0.450. The highest BCUT2D eigenvalue weighted by Gasteiger charge is 2.29. The van der Waals surface area contributed by atoms with Gasteiger partial charge in [-0.1, -0.05) is 38.8 Å². The number of hydrogen-bond donors (Lipinski definition) is 0. The molecule has 0 spiro atoms. The van der Waals surface area contributed by atoms with Gasteiger partial charge >= 0.3 is 7.25 Å². The van der Waals surface area contributed by atoms with Crippen LogP contribution >= 0.6 is 0 Å². The van der Waals surface area contributed by atoms with Crippen LogP contribution in [0.2, 0.25) is 0 Å². The molecule has 0 fully saturated rings. The number of nitrogens with zero attached hydrogens (tertiary/aromatic N) is 1. The van der Waals surface area contributed by atoms with E-state index in [4.69, 9.17) is 4.74 Å². The number of unbranched alkanes of at least 4 members (excludes halogenated alkanes) is 2. The van der Waals surface area contributed by atoms with Gasteiger partial charge in [0.1, 0.15) is 12.3 Å². The summed E-state index contributed by atoms with van der Waals surface area (Å²) in [7, 11) is -6.00. The molecule has 0 aromatic heterocycles. The van der Waals surface area contributed by atoms with Gasteiger partial charge in [-0.25, -0.2) is 0 Å². The summed E-state index contributed by atoms with van der Waals surface area (Å²) >= 11 is 0. The summed E-state index contributed by atoms with van der Waals surface area (Å²) in [6.45, 7) is 8.58. The van der Waals surface area contributed by atoms with Crippen molar-refractivity contribution in [3.63, 3.8) is 0 Å². The molecule has 27 heavy (non-hydrogen) atoms. The highest BCUT2D eigenvalue weighted by Crippen LogP contribution is 2.39. The van der Waals surface area contributed by atoms with Crippen molar-refractivity contribution in [3.05, 3.63) is 35.9 Å². The zero-order valence-electron chi connectivity index (χ0n) is 16.1. The first-order chi connectivity index (χ1) is 12.8. The molecule has 7 heteroatoms. The lowest BCUT2D eigenvalue weighted by atomic mass is 10.0. The SMILES string of the molecule is CCCCOc1ccc2c3c(cccc13)C(C)=[N+]2CCCC.F[B-](F)(F)F. The van der Waals surface area contributed by atoms with Crippen LogP contribution in [0.15, 0.2) is 30.3 Å². The average Bonchev–Trinajstić information content (AvgIpc) is 2.87. The summed E-state index contributed by atoms with van der Waals surface area (Å²) < 4.78 is 47.5. The number of benzene rings is 2. The Balaban J connectivity index is 0.000000465. The first-order valence-electron chi connectivity index (χ1n) is 9.45. The first kappa shape index (κ1) is 21.3. The molecule has 0 atom stereocenters. The number of rotatable bonds is 7. The van der Waals surface area contributed by atoms with E-state index < -0.39 is 7.25 Å². The molecule has 3 rings (SSSR count). The minimum absolute atomic E-state index is 0.803. The molecule has 1 heterocycles. The van der Waals surface area contributed by atoms with E-state index in [2.05, 4.69) is 55.7 Å². The zero-order valence-corrected chi connectivity index (χ0v) is 16.1. The monoisotopic (exact) mass is 383 g/mol. The Labute approximate surface area is 157 Å². The summed E-state index contributed by atoms with van der Waals surface area (Å²) in [6, 6.07) is 11.0. The third kappa shape index (κ3) is 5.47. The van der Waals surface area contributed by atoms with Crippen LogP contribution in [0.25, 0.3) is 10.8 Å². The molecule has 148 valence electrons. The predicted molar refractivity (Wildman–Crippen MR) is 104 cm³/mol. The molecule has 0 N–H and O–H groups in total. The van der Waals surface area contributed by atoms with Crippen molar-refractivity contribution in [2.24, 2.45) is 0 Å². The summed E-state index contributed by atoms with van der Waals surface area (Å²) in [5.41, 5.74) is 4.09.